The zero-order valence-corrected chi connectivity index (χ0v) is 21.4. The number of halogens is 3. The number of anilines is 2. The number of alkyl halides is 3. The van der Waals surface area contributed by atoms with E-state index < -0.39 is 12.1 Å². The van der Waals surface area contributed by atoms with Gasteiger partial charge in [0.05, 0.1) is 38.0 Å². The first-order valence-corrected chi connectivity index (χ1v) is 11.7. The van der Waals surface area contributed by atoms with Gasteiger partial charge in [-0.05, 0) is 12.1 Å². The number of hydrogen-bond donors (Lipinski definition) is 0. The van der Waals surface area contributed by atoms with E-state index in [4.69, 9.17) is 9.47 Å². The first kappa shape index (κ1) is 28.4. The van der Waals surface area contributed by atoms with Gasteiger partial charge in [0.15, 0.2) is 11.6 Å². The normalized spacial score (nSPS) is 10.5. The molecule has 0 aromatic carbocycles. The van der Waals surface area contributed by atoms with Crippen molar-refractivity contribution in [2.24, 2.45) is 0 Å². The largest absolute Gasteiger partial charge is 0.477 e. The minimum absolute atomic E-state index is 0.148. The maximum Gasteiger partial charge on any atom is 0.471 e. The Morgan fingerprint density at radius 3 is 2.22 bits per heavy atom. The van der Waals surface area contributed by atoms with Crippen LogP contribution in [0, 0.1) is 0 Å². The van der Waals surface area contributed by atoms with Gasteiger partial charge < -0.3 is 18.9 Å². The van der Waals surface area contributed by atoms with Crippen LogP contribution in [0.3, 0.4) is 0 Å². The molecule has 4 heterocycles. The van der Waals surface area contributed by atoms with Gasteiger partial charge in [0.1, 0.15) is 0 Å². The third-order valence-electron chi connectivity index (χ3n) is 4.05. The Balaban J connectivity index is 0.00000109. The number of hydrogen-bond acceptors (Lipinski definition) is 11. The molecule has 4 aromatic heterocycles. The summed E-state index contributed by atoms with van der Waals surface area (Å²) in [6.45, 7) is 8.26. The Labute approximate surface area is 210 Å². The molecule has 0 aliphatic rings. The second kappa shape index (κ2) is 13.3. The van der Waals surface area contributed by atoms with Gasteiger partial charge in [-0.3, -0.25) is 4.98 Å². The second-order valence-corrected chi connectivity index (χ2v) is 7.25. The zero-order valence-electron chi connectivity index (χ0n) is 20.6. The number of nitrogens with zero attached hydrogens (tertiary/aromatic N) is 7. The molecule has 0 saturated carbocycles. The SMILES string of the molecule is CC.CC.COc1ncc(N(Cc2ccc(-c3noc(C(F)(F)F)n3)s2)c2cnccn2)nc1OC. The maximum atomic E-state index is 12.7. The van der Waals surface area contributed by atoms with E-state index in [0.717, 1.165) is 4.88 Å². The van der Waals surface area contributed by atoms with Crippen molar-refractivity contribution < 1.29 is 27.2 Å². The van der Waals surface area contributed by atoms with Gasteiger partial charge in [0.25, 0.3) is 11.8 Å². The van der Waals surface area contributed by atoms with Gasteiger partial charge >= 0.3 is 12.1 Å². The van der Waals surface area contributed by atoms with Crippen LogP contribution in [-0.4, -0.2) is 44.3 Å². The third kappa shape index (κ3) is 6.87. The van der Waals surface area contributed by atoms with E-state index >= 15 is 0 Å². The van der Waals surface area contributed by atoms with Crippen LogP contribution in [0.2, 0.25) is 0 Å². The lowest BCUT2D eigenvalue weighted by atomic mass is 10.3. The van der Waals surface area contributed by atoms with Crippen LogP contribution in [0.1, 0.15) is 38.5 Å². The van der Waals surface area contributed by atoms with Crippen LogP contribution in [-0.2, 0) is 12.7 Å². The second-order valence-electron chi connectivity index (χ2n) is 6.08. The quantitative estimate of drug-likeness (QED) is 0.293. The highest BCUT2D eigenvalue weighted by Gasteiger charge is 2.38. The molecule has 14 heteroatoms. The van der Waals surface area contributed by atoms with Crippen molar-refractivity contribution in [2.45, 2.75) is 40.4 Å². The smallest absolute Gasteiger partial charge is 0.471 e. The summed E-state index contributed by atoms with van der Waals surface area (Å²) in [5.74, 6) is -0.279. The number of methoxy groups -OCH3 is 2. The van der Waals surface area contributed by atoms with E-state index in [1.54, 1.807) is 23.2 Å². The Hall–Kier alpha value is -3.81. The van der Waals surface area contributed by atoms with Gasteiger partial charge in [-0.25, -0.2) is 9.97 Å². The van der Waals surface area contributed by atoms with Crippen LogP contribution in [0.25, 0.3) is 10.7 Å². The molecule has 0 radical (unpaired) electrons. The van der Waals surface area contributed by atoms with Gasteiger partial charge in [0, 0.05) is 17.3 Å². The Morgan fingerprint density at radius 1 is 0.917 bits per heavy atom. The van der Waals surface area contributed by atoms with E-state index in [0.29, 0.717) is 16.5 Å². The fraction of sp³-hybridized carbons (Fsp3) is 0.364. The minimum Gasteiger partial charge on any atom is -0.477 e. The van der Waals surface area contributed by atoms with Crippen molar-refractivity contribution in [3.8, 4) is 22.5 Å². The minimum atomic E-state index is -4.71. The molecule has 0 aliphatic carbocycles. The van der Waals surface area contributed by atoms with E-state index in [2.05, 4.69) is 34.6 Å². The summed E-state index contributed by atoms with van der Waals surface area (Å²) in [5.41, 5.74) is 0. The molecule has 194 valence electrons. The van der Waals surface area contributed by atoms with Gasteiger partial charge in [-0.2, -0.15) is 23.1 Å². The van der Waals surface area contributed by atoms with E-state index in [1.165, 1.54) is 44.1 Å². The standard InChI is InChI=1S/C18H14F3N7O3S.2C2H6/c1-29-15-16(30-2)25-13(8-24-15)28(12-7-22-5-6-23-12)9-10-3-4-11(32-10)14-26-17(31-27-14)18(19,20)21;2*1-2/h3-8H,9H2,1-2H3;2*1-2H3. The Morgan fingerprint density at radius 2 is 1.64 bits per heavy atom. The molecule has 0 aliphatic heterocycles. The van der Waals surface area contributed by atoms with Crippen molar-refractivity contribution in [3.63, 3.8) is 0 Å². The van der Waals surface area contributed by atoms with Crippen LogP contribution in [0.15, 0.2) is 41.4 Å². The molecule has 10 nitrogen and oxygen atoms in total. The lowest BCUT2D eigenvalue weighted by Crippen LogP contribution is -2.19. The highest BCUT2D eigenvalue weighted by atomic mass is 32.1. The van der Waals surface area contributed by atoms with Crippen molar-refractivity contribution in [1.29, 1.82) is 0 Å². The fourth-order valence-corrected chi connectivity index (χ4v) is 3.57. The molecule has 0 N–H and O–H groups in total. The van der Waals surface area contributed by atoms with Crippen molar-refractivity contribution in [2.75, 3.05) is 19.1 Å². The number of rotatable bonds is 7. The van der Waals surface area contributed by atoms with Gasteiger partial charge in [0.2, 0.25) is 5.82 Å². The molecule has 36 heavy (non-hydrogen) atoms. The van der Waals surface area contributed by atoms with Crippen molar-refractivity contribution >= 4 is 23.0 Å². The Bertz CT molecular complexity index is 1200. The molecule has 0 spiro atoms. The fourth-order valence-electron chi connectivity index (χ4n) is 2.64. The Kier molecular flexibility index (Phi) is 10.5. The van der Waals surface area contributed by atoms with E-state index in [1.807, 2.05) is 27.7 Å². The van der Waals surface area contributed by atoms with Gasteiger partial charge in [-0.15, -0.1) is 11.3 Å². The van der Waals surface area contributed by atoms with Crippen molar-refractivity contribution in [3.05, 3.63) is 47.7 Å². The summed E-state index contributed by atoms with van der Waals surface area (Å²) in [6.07, 6.45) is 1.37. The lowest BCUT2D eigenvalue weighted by Gasteiger charge is -2.22. The average Bonchev–Trinajstić information content (AvgIpc) is 3.60. The molecule has 0 saturated heterocycles. The van der Waals surface area contributed by atoms with E-state index in [9.17, 15) is 13.2 Å². The number of thiophene rings is 1. The maximum absolute atomic E-state index is 12.7. The number of aromatic nitrogens is 6. The summed E-state index contributed by atoms with van der Waals surface area (Å²) in [7, 11) is 2.89. The molecule has 4 rings (SSSR count). The predicted octanol–water partition coefficient (Wildman–Crippen LogP) is 5.80. The van der Waals surface area contributed by atoms with Crippen LogP contribution in [0.4, 0.5) is 24.8 Å². The molecule has 0 unspecified atom stereocenters. The molecule has 0 fully saturated rings. The van der Waals surface area contributed by atoms with Crippen LogP contribution >= 0.6 is 11.3 Å². The van der Waals surface area contributed by atoms with Crippen molar-refractivity contribution in [1.82, 2.24) is 30.1 Å². The first-order chi connectivity index (χ1) is 17.4. The third-order valence-corrected chi connectivity index (χ3v) is 5.12. The first-order valence-electron chi connectivity index (χ1n) is 10.9. The molecular formula is C22H26F3N7O3S. The zero-order chi connectivity index (χ0) is 26.7. The molecular weight excluding hydrogens is 499 g/mol. The van der Waals surface area contributed by atoms with Crippen LogP contribution in [0.5, 0.6) is 11.8 Å². The average molecular weight is 526 g/mol. The lowest BCUT2D eigenvalue weighted by molar-refractivity contribution is -0.159. The predicted molar refractivity (Wildman–Crippen MR) is 128 cm³/mol. The van der Waals surface area contributed by atoms with Gasteiger partial charge in [-0.1, -0.05) is 32.9 Å². The van der Waals surface area contributed by atoms with E-state index in [-0.39, 0.29) is 24.1 Å². The monoisotopic (exact) mass is 525 g/mol. The summed E-state index contributed by atoms with van der Waals surface area (Å²) in [4.78, 5) is 23.3. The summed E-state index contributed by atoms with van der Waals surface area (Å²) < 4.78 is 52.9. The molecule has 0 bridgehead atoms. The highest BCUT2D eigenvalue weighted by Crippen LogP contribution is 2.34. The highest BCUT2D eigenvalue weighted by molar-refractivity contribution is 7.15. The number of ether oxygens (including phenoxy) is 2. The summed E-state index contributed by atoms with van der Waals surface area (Å²) >= 11 is 1.20. The molecule has 4 aromatic rings. The van der Waals surface area contributed by atoms with Crippen LogP contribution < -0.4 is 14.4 Å². The topological polar surface area (TPSA) is 112 Å². The summed E-state index contributed by atoms with van der Waals surface area (Å²) in [6, 6.07) is 3.35. The summed E-state index contributed by atoms with van der Waals surface area (Å²) in [5, 5.41) is 3.42. The molecule has 0 atom stereocenters. The molecule has 0 amide bonds.